The number of aliphatic hydroxyl groups is 1. The average molecular weight is 334 g/mol. The van der Waals surface area contributed by atoms with Crippen LogP contribution < -0.4 is 0 Å². The molecule has 5 heteroatoms. The van der Waals surface area contributed by atoms with Crippen molar-refractivity contribution in [3.63, 3.8) is 0 Å². The van der Waals surface area contributed by atoms with E-state index in [0.29, 0.717) is 18.4 Å². The van der Waals surface area contributed by atoms with Crippen molar-refractivity contribution in [2.75, 3.05) is 6.61 Å². The molecular weight excluding hydrogens is 312 g/mol. The van der Waals surface area contributed by atoms with Gasteiger partial charge >= 0.3 is 0 Å². The summed E-state index contributed by atoms with van der Waals surface area (Å²) in [5, 5.41) is 8.85. The third-order valence-corrected chi connectivity index (χ3v) is 4.95. The summed E-state index contributed by atoms with van der Waals surface area (Å²) in [5.74, 6) is 1.28. The minimum Gasteiger partial charge on any atom is -0.396 e. The highest BCUT2D eigenvalue weighted by molar-refractivity contribution is 7.85. The second-order valence-corrected chi connectivity index (χ2v) is 7.34. The molecule has 2 aromatic carbocycles. The average Bonchev–Trinajstić information content (AvgIpc) is 2.47. The van der Waals surface area contributed by atoms with E-state index in [-0.39, 0.29) is 4.90 Å². The standard InChI is InChI=1S/C11H14O.C7H8O3S/c12-8-9-6-11(7-9)10-4-2-1-3-5-10;1-6-2-4-7(5-3-6)11(8,9)10/h1-5,9,11-12H,6-8H2;2-5H,1H3,(H,8,9,10). The maximum Gasteiger partial charge on any atom is 0.294 e. The molecule has 0 spiro atoms. The van der Waals surface area contributed by atoms with Crippen molar-refractivity contribution in [3.8, 4) is 0 Å². The summed E-state index contributed by atoms with van der Waals surface area (Å²) < 4.78 is 29.6. The Morgan fingerprint density at radius 1 is 1.00 bits per heavy atom. The Morgan fingerprint density at radius 3 is 2.04 bits per heavy atom. The summed E-state index contributed by atoms with van der Waals surface area (Å²) in [6.45, 7) is 2.21. The summed E-state index contributed by atoms with van der Waals surface area (Å²) in [6.07, 6.45) is 2.33. The lowest BCUT2D eigenvalue weighted by Crippen LogP contribution is -2.24. The monoisotopic (exact) mass is 334 g/mol. The number of hydrogen-bond donors (Lipinski definition) is 2. The van der Waals surface area contributed by atoms with Crippen molar-refractivity contribution in [2.45, 2.75) is 30.6 Å². The Balaban J connectivity index is 0.000000168. The third-order valence-electron chi connectivity index (χ3n) is 4.08. The molecule has 23 heavy (non-hydrogen) atoms. The van der Waals surface area contributed by atoms with Gasteiger partial charge in [-0.1, -0.05) is 48.0 Å². The molecule has 1 aliphatic carbocycles. The van der Waals surface area contributed by atoms with Gasteiger partial charge in [0.1, 0.15) is 0 Å². The Hall–Kier alpha value is -1.69. The summed E-state index contributed by atoms with van der Waals surface area (Å²) in [6, 6.07) is 16.6. The smallest absolute Gasteiger partial charge is 0.294 e. The van der Waals surface area contributed by atoms with E-state index in [9.17, 15) is 8.42 Å². The van der Waals surface area contributed by atoms with Gasteiger partial charge in [0.2, 0.25) is 0 Å². The van der Waals surface area contributed by atoms with E-state index in [1.54, 1.807) is 12.1 Å². The van der Waals surface area contributed by atoms with Crippen LogP contribution in [0.4, 0.5) is 0 Å². The Labute approximate surface area is 137 Å². The molecular formula is C18H22O4S. The lowest BCUT2D eigenvalue weighted by molar-refractivity contribution is 0.142. The van der Waals surface area contributed by atoms with E-state index in [1.165, 1.54) is 30.5 Å². The first-order valence-corrected chi connectivity index (χ1v) is 9.04. The Bertz CT molecular complexity index is 702. The predicted molar refractivity (Wildman–Crippen MR) is 90.0 cm³/mol. The topological polar surface area (TPSA) is 74.6 Å². The number of aliphatic hydroxyl groups excluding tert-OH is 1. The van der Waals surface area contributed by atoms with Crippen LogP contribution in [0.2, 0.25) is 0 Å². The highest BCUT2D eigenvalue weighted by atomic mass is 32.2. The van der Waals surface area contributed by atoms with Crippen LogP contribution in [-0.2, 0) is 10.1 Å². The summed E-state index contributed by atoms with van der Waals surface area (Å²) in [5.41, 5.74) is 2.39. The number of rotatable bonds is 3. The van der Waals surface area contributed by atoms with Crippen LogP contribution in [-0.4, -0.2) is 24.7 Å². The molecule has 0 heterocycles. The molecule has 0 aliphatic heterocycles. The van der Waals surface area contributed by atoms with Gasteiger partial charge in [-0.2, -0.15) is 8.42 Å². The van der Waals surface area contributed by atoms with E-state index < -0.39 is 10.1 Å². The van der Waals surface area contributed by atoms with E-state index in [2.05, 4.69) is 24.3 Å². The van der Waals surface area contributed by atoms with E-state index in [0.717, 1.165) is 5.56 Å². The van der Waals surface area contributed by atoms with Gasteiger partial charge in [-0.25, -0.2) is 0 Å². The molecule has 1 aliphatic rings. The third kappa shape index (κ3) is 5.16. The van der Waals surface area contributed by atoms with Crippen molar-refractivity contribution in [1.29, 1.82) is 0 Å². The molecule has 4 nitrogen and oxygen atoms in total. The lowest BCUT2D eigenvalue weighted by atomic mass is 9.72. The maximum atomic E-state index is 10.5. The normalized spacial score (nSPS) is 20.1. The molecule has 0 saturated heterocycles. The second-order valence-electron chi connectivity index (χ2n) is 5.92. The predicted octanol–water partition coefficient (Wildman–Crippen LogP) is 3.41. The summed E-state index contributed by atoms with van der Waals surface area (Å²) in [4.78, 5) is -0.0666. The molecule has 0 aromatic heterocycles. The van der Waals surface area contributed by atoms with Gasteiger partial charge < -0.3 is 5.11 Å². The van der Waals surface area contributed by atoms with Gasteiger partial charge in [-0.05, 0) is 49.3 Å². The fraction of sp³-hybridized carbons (Fsp3) is 0.333. The van der Waals surface area contributed by atoms with Crippen molar-refractivity contribution < 1.29 is 18.1 Å². The SMILES string of the molecule is Cc1ccc(S(=O)(=O)O)cc1.OCC1CC(c2ccccc2)C1. The van der Waals surface area contributed by atoms with Gasteiger partial charge in [0.05, 0.1) is 4.90 Å². The Morgan fingerprint density at radius 2 is 1.57 bits per heavy atom. The van der Waals surface area contributed by atoms with Gasteiger partial charge in [-0.15, -0.1) is 0 Å². The van der Waals surface area contributed by atoms with Gasteiger partial charge in [0, 0.05) is 6.61 Å². The first-order chi connectivity index (χ1) is 10.9. The highest BCUT2D eigenvalue weighted by Crippen LogP contribution is 2.40. The molecule has 0 amide bonds. The highest BCUT2D eigenvalue weighted by Gasteiger charge is 2.29. The van der Waals surface area contributed by atoms with Crippen LogP contribution in [0.5, 0.6) is 0 Å². The minimum atomic E-state index is -4.02. The zero-order valence-electron chi connectivity index (χ0n) is 13.1. The van der Waals surface area contributed by atoms with Crippen LogP contribution in [0.3, 0.4) is 0 Å². The zero-order valence-corrected chi connectivity index (χ0v) is 13.9. The molecule has 0 radical (unpaired) electrons. The van der Waals surface area contributed by atoms with Crippen LogP contribution >= 0.6 is 0 Å². The van der Waals surface area contributed by atoms with Gasteiger partial charge in [-0.3, -0.25) is 4.55 Å². The molecule has 0 atom stereocenters. The first-order valence-electron chi connectivity index (χ1n) is 7.60. The van der Waals surface area contributed by atoms with Crippen LogP contribution in [0.1, 0.15) is 29.9 Å². The molecule has 2 N–H and O–H groups in total. The number of benzene rings is 2. The molecule has 1 saturated carbocycles. The molecule has 3 rings (SSSR count). The quantitative estimate of drug-likeness (QED) is 0.844. The zero-order chi connectivity index (χ0) is 16.9. The second kappa shape index (κ2) is 7.73. The van der Waals surface area contributed by atoms with Crippen molar-refractivity contribution >= 4 is 10.1 Å². The van der Waals surface area contributed by atoms with Crippen LogP contribution in [0.25, 0.3) is 0 Å². The van der Waals surface area contributed by atoms with Gasteiger partial charge in [0.15, 0.2) is 0 Å². The summed E-state index contributed by atoms with van der Waals surface area (Å²) in [7, 11) is -4.02. The van der Waals surface area contributed by atoms with Crippen LogP contribution in [0, 0.1) is 12.8 Å². The minimum absolute atomic E-state index is 0.0666. The van der Waals surface area contributed by atoms with E-state index >= 15 is 0 Å². The van der Waals surface area contributed by atoms with E-state index in [1.807, 2.05) is 13.0 Å². The number of aryl methyl sites for hydroxylation is 1. The molecule has 124 valence electrons. The van der Waals surface area contributed by atoms with E-state index in [4.69, 9.17) is 9.66 Å². The molecule has 2 aromatic rings. The summed E-state index contributed by atoms with van der Waals surface area (Å²) >= 11 is 0. The fourth-order valence-corrected chi connectivity index (χ4v) is 3.07. The van der Waals surface area contributed by atoms with Crippen molar-refractivity contribution in [2.24, 2.45) is 5.92 Å². The van der Waals surface area contributed by atoms with Crippen molar-refractivity contribution in [3.05, 3.63) is 65.7 Å². The first kappa shape index (κ1) is 17.7. The van der Waals surface area contributed by atoms with Gasteiger partial charge in [0.25, 0.3) is 10.1 Å². The van der Waals surface area contributed by atoms with Crippen LogP contribution in [0.15, 0.2) is 59.5 Å². The largest absolute Gasteiger partial charge is 0.396 e. The number of hydrogen-bond acceptors (Lipinski definition) is 3. The lowest BCUT2D eigenvalue weighted by Gasteiger charge is -2.34. The molecule has 0 unspecified atom stereocenters. The molecule has 1 fully saturated rings. The fourth-order valence-electron chi connectivity index (χ4n) is 2.59. The molecule has 0 bridgehead atoms. The Kier molecular flexibility index (Phi) is 5.93. The van der Waals surface area contributed by atoms with Crippen molar-refractivity contribution in [1.82, 2.24) is 0 Å². The maximum absolute atomic E-state index is 10.5.